The SMILES string of the molecule is O=C(O)c1ccc(N2CC3(CCCCC3)C2)c(Br)c1. The Labute approximate surface area is 121 Å². The van der Waals surface area contributed by atoms with Crippen molar-refractivity contribution >= 4 is 27.6 Å². The third-order valence-corrected chi connectivity index (χ3v) is 5.14. The van der Waals surface area contributed by atoms with Crippen LogP contribution >= 0.6 is 15.9 Å². The monoisotopic (exact) mass is 323 g/mol. The van der Waals surface area contributed by atoms with Gasteiger partial charge in [-0.1, -0.05) is 19.3 Å². The molecular formula is C15H18BrNO2. The predicted octanol–water partition coefficient (Wildman–Crippen LogP) is 3.92. The maximum atomic E-state index is 10.9. The van der Waals surface area contributed by atoms with Crippen LogP contribution in [-0.2, 0) is 0 Å². The molecule has 0 radical (unpaired) electrons. The molecule has 2 aliphatic rings. The second-order valence-electron chi connectivity index (χ2n) is 5.89. The van der Waals surface area contributed by atoms with E-state index in [2.05, 4.69) is 20.8 Å². The van der Waals surface area contributed by atoms with Crippen molar-refractivity contribution in [2.24, 2.45) is 5.41 Å². The van der Waals surface area contributed by atoms with Gasteiger partial charge in [-0.3, -0.25) is 0 Å². The number of benzene rings is 1. The molecule has 0 amide bonds. The van der Waals surface area contributed by atoms with E-state index in [1.54, 1.807) is 12.1 Å². The van der Waals surface area contributed by atoms with E-state index in [9.17, 15) is 4.79 Å². The van der Waals surface area contributed by atoms with Crippen molar-refractivity contribution in [3.05, 3.63) is 28.2 Å². The van der Waals surface area contributed by atoms with E-state index in [0.29, 0.717) is 11.0 Å². The van der Waals surface area contributed by atoms with Crippen LogP contribution in [0.4, 0.5) is 5.69 Å². The van der Waals surface area contributed by atoms with Crippen LogP contribution in [0.3, 0.4) is 0 Å². The summed E-state index contributed by atoms with van der Waals surface area (Å²) >= 11 is 3.50. The van der Waals surface area contributed by atoms with Crippen LogP contribution in [0.5, 0.6) is 0 Å². The maximum Gasteiger partial charge on any atom is 0.335 e. The van der Waals surface area contributed by atoms with E-state index in [0.717, 1.165) is 23.2 Å². The molecule has 1 heterocycles. The summed E-state index contributed by atoms with van der Waals surface area (Å²) in [4.78, 5) is 13.3. The minimum absolute atomic E-state index is 0.337. The molecule has 0 unspecified atom stereocenters. The van der Waals surface area contributed by atoms with Crippen molar-refractivity contribution < 1.29 is 9.90 Å². The standard InChI is InChI=1S/C15H18BrNO2/c16-12-8-11(14(18)19)4-5-13(12)17-9-15(10-17)6-2-1-3-7-15/h4-5,8H,1-3,6-7,9-10H2,(H,18,19). The van der Waals surface area contributed by atoms with Crippen molar-refractivity contribution in [2.45, 2.75) is 32.1 Å². The lowest BCUT2D eigenvalue weighted by molar-refractivity contribution is 0.0696. The molecule has 1 aromatic rings. The number of carbonyl (C=O) groups is 1. The van der Waals surface area contributed by atoms with Crippen LogP contribution in [0, 0.1) is 5.41 Å². The Morgan fingerprint density at radius 3 is 2.47 bits per heavy atom. The lowest BCUT2D eigenvalue weighted by Crippen LogP contribution is -2.57. The third-order valence-electron chi connectivity index (χ3n) is 4.50. The molecule has 4 heteroatoms. The summed E-state index contributed by atoms with van der Waals surface area (Å²) in [6.45, 7) is 2.25. The van der Waals surface area contributed by atoms with Gasteiger partial charge in [-0.2, -0.15) is 0 Å². The Balaban J connectivity index is 1.73. The minimum Gasteiger partial charge on any atom is -0.478 e. The molecule has 3 rings (SSSR count). The first kappa shape index (κ1) is 13.0. The van der Waals surface area contributed by atoms with Crippen molar-refractivity contribution in [1.82, 2.24) is 0 Å². The fourth-order valence-corrected chi connectivity index (χ4v) is 4.08. The molecule has 2 fully saturated rings. The van der Waals surface area contributed by atoms with Gasteiger partial charge in [0.05, 0.1) is 11.3 Å². The first-order chi connectivity index (χ1) is 9.10. The number of hydrogen-bond acceptors (Lipinski definition) is 2. The maximum absolute atomic E-state index is 10.9. The summed E-state index contributed by atoms with van der Waals surface area (Å²) < 4.78 is 0.887. The van der Waals surface area contributed by atoms with Gasteiger partial charge in [0.25, 0.3) is 0 Å². The molecule has 0 bridgehead atoms. The van der Waals surface area contributed by atoms with Gasteiger partial charge in [0.2, 0.25) is 0 Å². The van der Waals surface area contributed by atoms with Gasteiger partial charge in [0, 0.05) is 23.0 Å². The number of halogens is 1. The summed E-state index contributed by atoms with van der Waals surface area (Å²) in [5.74, 6) is -0.875. The Kier molecular flexibility index (Phi) is 3.29. The highest BCUT2D eigenvalue weighted by molar-refractivity contribution is 9.10. The quantitative estimate of drug-likeness (QED) is 0.896. The Bertz CT molecular complexity index is 501. The van der Waals surface area contributed by atoms with Gasteiger partial charge in [-0.15, -0.1) is 0 Å². The molecule has 1 N–H and O–H groups in total. The first-order valence-electron chi connectivity index (χ1n) is 6.88. The molecular weight excluding hydrogens is 306 g/mol. The zero-order valence-corrected chi connectivity index (χ0v) is 12.4. The van der Waals surface area contributed by atoms with Gasteiger partial charge in [0.15, 0.2) is 0 Å². The van der Waals surface area contributed by atoms with Gasteiger partial charge < -0.3 is 10.0 Å². The molecule has 1 spiro atoms. The Morgan fingerprint density at radius 2 is 1.89 bits per heavy atom. The van der Waals surface area contributed by atoms with E-state index < -0.39 is 5.97 Å². The molecule has 1 saturated carbocycles. The van der Waals surface area contributed by atoms with Crippen molar-refractivity contribution in [1.29, 1.82) is 0 Å². The highest BCUT2D eigenvalue weighted by Gasteiger charge is 2.43. The highest BCUT2D eigenvalue weighted by atomic mass is 79.9. The van der Waals surface area contributed by atoms with Gasteiger partial charge >= 0.3 is 5.97 Å². The second kappa shape index (κ2) is 4.82. The summed E-state index contributed by atoms with van der Waals surface area (Å²) in [6.07, 6.45) is 6.83. The fraction of sp³-hybridized carbons (Fsp3) is 0.533. The molecule has 19 heavy (non-hydrogen) atoms. The highest BCUT2D eigenvalue weighted by Crippen LogP contribution is 2.46. The molecule has 102 valence electrons. The van der Waals surface area contributed by atoms with E-state index >= 15 is 0 Å². The first-order valence-corrected chi connectivity index (χ1v) is 7.67. The second-order valence-corrected chi connectivity index (χ2v) is 6.74. The lowest BCUT2D eigenvalue weighted by Gasteiger charge is -2.53. The van der Waals surface area contributed by atoms with Crippen LogP contribution in [-0.4, -0.2) is 24.2 Å². The summed E-state index contributed by atoms with van der Waals surface area (Å²) in [5, 5.41) is 8.97. The number of carboxylic acids is 1. The molecule has 1 aromatic carbocycles. The van der Waals surface area contributed by atoms with Crippen LogP contribution in [0.2, 0.25) is 0 Å². The van der Waals surface area contributed by atoms with E-state index in [4.69, 9.17) is 5.11 Å². The average molecular weight is 324 g/mol. The number of anilines is 1. The minimum atomic E-state index is -0.875. The van der Waals surface area contributed by atoms with Gasteiger partial charge in [-0.25, -0.2) is 4.79 Å². The van der Waals surface area contributed by atoms with E-state index in [-0.39, 0.29) is 0 Å². The van der Waals surface area contributed by atoms with E-state index in [1.807, 2.05) is 6.07 Å². The molecule has 1 aliphatic heterocycles. The van der Waals surface area contributed by atoms with Gasteiger partial charge in [-0.05, 0) is 47.0 Å². The summed E-state index contributed by atoms with van der Waals surface area (Å²) in [5.41, 5.74) is 2.01. The molecule has 1 aliphatic carbocycles. The average Bonchev–Trinajstić information content (AvgIpc) is 2.37. The number of hydrogen-bond donors (Lipinski definition) is 1. The normalized spacial score (nSPS) is 21.2. The molecule has 0 aromatic heterocycles. The smallest absolute Gasteiger partial charge is 0.335 e. The van der Waals surface area contributed by atoms with Crippen LogP contribution in [0.1, 0.15) is 42.5 Å². The summed E-state index contributed by atoms with van der Waals surface area (Å²) in [6, 6.07) is 5.31. The Morgan fingerprint density at radius 1 is 1.21 bits per heavy atom. The van der Waals surface area contributed by atoms with E-state index in [1.165, 1.54) is 32.1 Å². The van der Waals surface area contributed by atoms with Crippen molar-refractivity contribution in [3.8, 4) is 0 Å². The number of nitrogens with zero attached hydrogens (tertiary/aromatic N) is 1. The largest absolute Gasteiger partial charge is 0.478 e. The number of aromatic carboxylic acids is 1. The van der Waals surface area contributed by atoms with Crippen LogP contribution < -0.4 is 4.90 Å². The molecule has 0 atom stereocenters. The Hall–Kier alpha value is -1.03. The third kappa shape index (κ3) is 2.38. The fourth-order valence-electron chi connectivity index (χ4n) is 3.45. The predicted molar refractivity (Wildman–Crippen MR) is 78.8 cm³/mol. The lowest BCUT2D eigenvalue weighted by atomic mass is 9.68. The molecule has 3 nitrogen and oxygen atoms in total. The zero-order chi connectivity index (χ0) is 13.5. The number of rotatable bonds is 2. The van der Waals surface area contributed by atoms with Crippen molar-refractivity contribution in [2.75, 3.05) is 18.0 Å². The zero-order valence-electron chi connectivity index (χ0n) is 10.9. The van der Waals surface area contributed by atoms with Crippen LogP contribution in [0.15, 0.2) is 22.7 Å². The number of carboxylic acid groups (broad SMARTS) is 1. The van der Waals surface area contributed by atoms with Crippen molar-refractivity contribution in [3.63, 3.8) is 0 Å². The topological polar surface area (TPSA) is 40.5 Å². The van der Waals surface area contributed by atoms with Crippen LogP contribution in [0.25, 0.3) is 0 Å². The van der Waals surface area contributed by atoms with Gasteiger partial charge in [0.1, 0.15) is 0 Å². The molecule has 1 saturated heterocycles. The summed E-state index contributed by atoms with van der Waals surface area (Å²) in [7, 11) is 0.